The lowest BCUT2D eigenvalue weighted by molar-refractivity contribution is -0.140. The Labute approximate surface area is 228 Å². The summed E-state index contributed by atoms with van der Waals surface area (Å²) in [5.74, 6) is -0.697. The SMILES string of the molecule is CC(C)CNC(=O)[C@H](C)N(Cc1c(Cl)cccc1Cl)C(=O)CN(C)S(=O)(=O)c1ccc2ccccc2c1. The number of carbonyl (C=O) groups is 2. The largest absolute Gasteiger partial charge is 0.354 e. The van der Waals surface area contributed by atoms with Gasteiger partial charge in [-0.15, -0.1) is 0 Å². The topological polar surface area (TPSA) is 86.8 Å². The van der Waals surface area contributed by atoms with E-state index >= 15 is 0 Å². The summed E-state index contributed by atoms with van der Waals surface area (Å²) in [4.78, 5) is 27.8. The number of nitrogens with one attached hydrogen (secondary N) is 1. The molecule has 198 valence electrons. The van der Waals surface area contributed by atoms with Crippen molar-refractivity contribution in [2.45, 2.75) is 38.3 Å². The minimum absolute atomic E-state index is 0.0581. The van der Waals surface area contributed by atoms with Gasteiger partial charge in [0, 0.05) is 35.7 Å². The second-order valence-corrected chi connectivity index (χ2v) is 12.2. The molecule has 0 radical (unpaired) electrons. The fourth-order valence-corrected chi connectivity index (χ4v) is 5.44. The highest BCUT2D eigenvalue weighted by atomic mass is 35.5. The maximum absolute atomic E-state index is 13.5. The van der Waals surface area contributed by atoms with Crippen molar-refractivity contribution in [3.63, 3.8) is 0 Å². The van der Waals surface area contributed by atoms with Crippen molar-refractivity contribution >= 4 is 55.8 Å². The predicted octanol–water partition coefficient (Wildman–Crippen LogP) is 4.96. The molecule has 1 atom stereocenters. The van der Waals surface area contributed by atoms with Crippen LogP contribution in [0.25, 0.3) is 10.8 Å². The summed E-state index contributed by atoms with van der Waals surface area (Å²) >= 11 is 12.7. The molecule has 1 N–H and O–H groups in total. The zero-order valence-electron chi connectivity index (χ0n) is 21.2. The van der Waals surface area contributed by atoms with E-state index in [1.54, 1.807) is 37.3 Å². The van der Waals surface area contributed by atoms with Crippen LogP contribution in [-0.2, 0) is 26.2 Å². The zero-order valence-corrected chi connectivity index (χ0v) is 23.6. The molecule has 0 saturated carbocycles. The standard InChI is InChI=1S/C27H31Cl2N3O4S/c1-18(2)15-30-27(34)19(3)32(16-23-24(28)10-7-11-25(23)29)26(33)17-31(4)37(35,36)22-13-12-20-8-5-6-9-21(20)14-22/h5-14,18-19H,15-17H2,1-4H3,(H,30,34)/t19-/m0/s1. The molecule has 10 heteroatoms. The minimum Gasteiger partial charge on any atom is -0.354 e. The van der Waals surface area contributed by atoms with E-state index in [0.717, 1.165) is 15.1 Å². The normalized spacial score (nSPS) is 12.6. The number of amides is 2. The van der Waals surface area contributed by atoms with Gasteiger partial charge in [-0.25, -0.2) is 8.42 Å². The average molecular weight is 565 g/mol. The zero-order chi connectivity index (χ0) is 27.3. The number of hydrogen-bond donors (Lipinski definition) is 1. The van der Waals surface area contributed by atoms with Gasteiger partial charge in [0.1, 0.15) is 6.04 Å². The number of carbonyl (C=O) groups excluding carboxylic acids is 2. The van der Waals surface area contributed by atoms with Crippen molar-refractivity contribution in [1.29, 1.82) is 0 Å². The van der Waals surface area contributed by atoms with Gasteiger partial charge in [0.15, 0.2) is 0 Å². The molecule has 0 heterocycles. The Kier molecular flexibility index (Phi) is 9.58. The molecule has 0 aromatic heterocycles. The van der Waals surface area contributed by atoms with E-state index in [1.807, 2.05) is 38.1 Å². The molecule has 0 unspecified atom stereocenters. The van der Waals surface area contributed by atoms with E-state index in [1.165, 1.54) is 18.0 Å². The Morgan fingerprint density at radius 3 is 2.16 bits per heavy atom. The van der Waals surface area contributed by atoms with E-state index in [4.69, 9.17) is 23.2 Å². The molecule has 0 saturated heterocycles. The van der Waals surface area contributed by atoms with Crippen LogP contribution in [0.2, 0.25) is 10.0 Å². The second kappa shape index (κ2) is 12.3. The molecule has 3 rings (SSSR count). The highest BCUT2D eigenvalue weighted by Gasteiger charge is 2.31. The van der Waals surface area contributed by atoms with Gasteiger partial charge in [-0.1, -0.05) is 73.4 Å². The molecular formula is C27H31Cl2N3O4S. The van der Waals surface area contributed by atoms with Crippen molar-refractivity contribution < 1.29 is 18.0 Å². The van der Waals surface area contributed by atoms with Crippen molar-refractivity contribution in [3.05, 3.63) is 76.3 Å². The van der Waals surface area contributed by atoms with E-state index in [0.29, 0.717) is 22.2 Å². The first kappa shape index (κ1) is 28.9. The molecule has 0 fully saturated rings. The van der Waals surface area contributed by atoms with Gasteiger partial charge < -0.3 is 10.2 Å². The van der Waals surface area contributed by atoms with Crippen molar-refractivity contribution in [2.75, 3.05) is 20.1 Å². The van der Waals surface area contributed by atoms with E-state index in [9.17, 15) is 18.0 Å². The quantitative estimate of drug-likeness (QED) is 0.377. The second-order valence-electron chi connectivity index (χ2n) is 9.31. The average Bonchev–Trinajstić information content (AvgIpc) is 2.86. The summed E-state index contributed by atoms with van der Waals surface area (Å²) in [5.41, 5.74) is 0.475. The Morgan fingerprint density at radius 2 is 1.54 bits per heavy atom. The summed E-state index contributed by atoms with van der Waals surface area (Å²) in [6, 6.07) is 16.3. The number of sulfonamides is 1. The fraction of sp³-hybridized carbons (Fsp3) is 0.333. The number of halogens is 2. The van der Waals surface area contributed by atoms with E-state index < -0.39 is 28.5 Å². The van der Waals surface area contributed by atoms with E-state index in [2.05, 4.69) is 5.32 Å². The first-order chi connectivity index (χ1) is 17.4. The highest BCUT2D eigenvalue weighted by molar-refractivity contribution is 7.89. The van der Waals surface area contributed by atoms with Crippen LogP contribution in [-0.4, -0.2) is 55.6 Å². The summed E-state index contributed by atoms with van der Waals surface area (Å²) in [6.07, 6.45) is 0. The lowest BCUT2D eigenvalue weighted by atomic mass is 10.1. The third-order valence-corrected chi connectivity index (χ3v) is 8.54. The van der Waals surface area contributed by atoms with Crippen LogP contribution in [0.3, 0.4) is 0 Å². The first-order valence-corrected chi connectivity index (χ1v) is 14.1. The number of benzene rings is 3. The molecular weight excluding hydrogens is 533 g/mol. The summed E-state index contributed by atoms with van der Waals surface area (Å²) in [7, 11) is -2.64. The summed E-state index contributed by atoms with van der Waals surface area (Å²) in [5, 5.41) is 5.20. The Morgan fingerprint density at radius 1 is 0.919 bits per heavy atom. The van der Waals surface area contributed by atoms with E-state index in [-0.39, 0.29) is 23.3 Å². The lowest BCUT2D eigenvalue weighted by Crippen LogP contribution is -2.51. The molecule has 0 bridgehead atoms. The molecule has 0 spiro atoms. The predicted molar refractivity (Wildman–Crippen MR) is 148 cm³/mol. The minimum atomic E-state index is -3.98. The van der Waals surface area contributed by atoms with Crippen LogP contribution in [0.4, 0.5) is 0 Å². The first-order valence-electron chi connectivity index (χ1n) is 11.9. The number of hydrogen-bond acceptors (Lipinski definition) is 4. The Bertz CT molecular complexity index is 1380. The van der Waals surface area contributed by atoms with Crippen LogP contribution in [0, 0.1) is 5.92 Å². The third kappa shape index (κ3) is 7.02. The fourth-order valence-electron chi connectivity index (χ4n) is 3.76. The monoisotopic (exact) mass is 563 g/mol. The van der Waals surface area contributed by atoms with Gasteiger partial charge >= 0.3 is 0 Å². The molecule has 0 aliphatic heterocycles. The van der Waals surface area contributed by atoms with Gasteiger partial charge in [-0.3, -0.25) is 9.59 Å². The van der Waals surface area contributed by atoms with Crippen LogP contribution >= 0.6 is 23.2 Å². The molecule has 3 aromatic carbocycles. The maximum Gasteiger partial charge on any atom is 0.243 e. The van der Waals surface area contributed by atoms with Crippen LogP contribution in [0.1, 0.15) is 26.3 Å². The van der Waals surface area contributed by atoms with Gasteiger partial charge in [-0.2, -0.15) is 4.31 Å². The third-order valence-electron chi connectivity index (χ3n) is 6.03. The van der Waals surface area contributed by atoms with Crippen LogP contribution in [0.5, 0.6) is 0 Å². The van der Waals surface area contributed by atoms with Crippen LogP contribution in [0.15, 0.2) is 65.6 Å². The molecule has 0 aliphatic rings. The number of rotatable bonds is 10. The van der Waals surface area contributed by atoms with Crippen molar-refractivity contribution in [2.24, 2.45) is 5.92 Å². The smallest absolute Gasteiger partial charge is 0.243 e. The number of nitrogens with zero attached hydrogens (tertiary/aromatic N) is 2. The van der Waals surface area contributed by atoms with Crippen molar-refractivity contribution in [3.8, 4) is 0 Å². The summed E-state index contributed by atoms with van der Waals surface area (Å²) < 4.78 is 27.6. The Hall–Kier alpha value is -2.65. The van der Waals surface area contributed by atoms with Crippen molar-refractivity contribution in [1.82, 2.24) is 14.5 Å². The van der Waals surface area contributed by atoms with Gasteiger partial charge in [0.05, 0.1) is 11.4 Å². The summed E-state index contributed by atoms with van der Waals surface area (Å²) in [6.45, 7) is 5.43. The molecule has 37 heavy (non-hydrogen) atoms. The lowest BCUT2D eigenvalue weighted by Gasteiger charge is -2.31. The Balaban J connectivity index is 1.88. The maximum atomic E-state index is 13.5. The van der Waals surface area contributed by atoms with Gasteiger partial charge in [-0.05, 0) is 47.9 Å². The van der Waals surface area contributed by atoms with Gasteiger partial charge in [0.2, 0.25) is 21.8 Å². The number of likely N-dealkylation sites (N-methyl/N-ethyl adjacent to an activating group) is 1. The molecule has 7 nitrogen and oxygen atoms in total. The van der Waals surface area contributed by atoms with Crippen LogP contribution < -0.4 is 5.32 Å². The molecule has 3 aromatic rings. The molecule has 0 aliphatic carbocycles. The van der Waals surface area contributed by atoms with Gasteiger partial charge in [0.25, 0.3) is 0 Å². The highest BCUT2D eigenvalue weighted by Crippen LogP contribution is 2.27. The molecule has 2 amide bonds. The number of fused-ring (bicyclic) bond motifs is 1.